The summed E-state index contributed by atoms with van der Waals surface area (Å²) in [6.45, 7) is 7.19. The molecule has 20 heavy (non-hydrogen) atoms. The molecule has 0 aromatic heterocycles. The topological polar surface area (TPSA) is 35.6 Å². The van der Waals surface area contributed by atoms with Crippen LogP contribution in [0.5, 0.6) is 0 Å². The molecule has 1 aliphatic heterocycles. The summed E-state index contributed by atoms with van der Waals surface area (Å²) >= 11 is 3.66. The van der Waals surface area contributed by atoms with Gasteiger partial charge in [-0.05, 0) is 31.7 Å². The maximum absolute atomic E-state index is 11.3. The lowest BCUT2D eigenvalue weighted by Gasteiger charge is -2.36. The summed E-state index contributed by atoms with van der Waals surface area (Å²) < 4.78 is 1.13. The number of nitrogens with zero attached hydrogens (tertiary/aromatic N) is 2. The Balaban J connectivity index is 2.07. The Morgan fingerprint density at radius 1 is 1.30 bits per heavy atom. The largest absolute Gasteiger partial charge is 0.368 e. The Morgan fingerprint density at radius 3 is 2.45 bits per heavy atom. The number of hydrogen-bond acceptors (Lipinski definition) is 3. The highest BCUT2D eigenvalue weighted by molar-refractivity contribution is 9.10. The molecule has 0 spiro atoms. The van der Waals surface area contributed by atoms with Crippen molar-refractivity contribution in [1.29, 1.82) is 0 Å². The maximum atomic E-state index is 11.3. The molecule has 0 saturated carbocycles. The Labute approximate surface area is 129 Å². The lowest BCUT2D eigenvalue weighted by molar-refractivity contribution is -0.129. The van der Waals surface area contributed by atoms with Gasteiger partial charge in [-0.25, -0.2) is 0 Å². The minimum Gasteiger partial charge on any atom is -0.368 e. The van der Waals surface area contributed by atoms with E-state index in [1.54, 1.807) is 6.92 Å². The predicted molar refractivity (Wildman–Crippen MR) is 86.1 cm³/mol. The van der Waals surface area contributed by atoms with Crippen LogP contribution in [-0.4, -0.2) is 44.0 Å². The highest BCUT2D eigenvalue weighted by atomic mass is 79.9. The Bertz CT molecular complexity index is 484. The predicted octanol–water partition coefficient (Wildman–Crippen LogP) is 2.40. The van der Waals surface area contributed by atoms with E-state index in [2.05, 4.69) is 51.3 Å². The number of piperazine rings is 1. The van der Waals surface area contributed by atoms with Gasteiger partial charge in [0.25, 0.3) is 0 Å². The molecule has 0 radical (unpaired) electrons. The molecule has 4 nitrogen and oxygen atoms in total. The second-order valence-electron chi connectivity index (χ2n) is 5.21. The van der Waals surface area contributed by atoms with Crippen LogP contribution in [0.4, 0.5) is 5.69 Å². The summed E-state index contributed by atoms with van der Waals surface area (Å²) in [5.74, 6) is 0.170. The first kappa shape index (κ1) is 15.3. The van der Waals surface area contributed by atoms with Crippen LogP contribution >= 0.6 is 15.9 Å². The molecule has 1 aromatic carbocycles. The molecule has 0 bridgehead atoms. The lowest BCUT2D eigenvalue weighted by atomic mass is 10.1. The van der Waals surface area contributed by atoms with Gasteiger partial charge in [-0.15, -0.1) is 0 Å². The van der Waals surface area contributed by atoms with Gasteiger partial charge in [-0.3, -0.25) is 4.79 Å². The fraction of sp³-hybridized carbons (Fsp3) is 0.533. The minimum absolute atomic E-state index is 0.170. The molecular weight excluding hydrogens is 318 g/mol. The van der Waals surface area contributed by atoms with Crippen molar-refractivity contribution in [1.82, 2.24) is 10.2 Å². The lowest BCUT2D eigenvalue weighted by Crippen LogP contribution is -2.48. The quantitative estimate of drug-likeness (QED) is 0.918. The monoisotopic (exact) mass is 339 g/mol. The van der Waals surface area contributed by atoms with E-state index in [1.807, 2.05) is 11.9 Å². The molecule has 1 heterocycles. The maximum Gasteiger partial charge on any atom is 0.219 e. The molecule has 1 aromatic rings. The highest BCUT2D eigenvalue weighted by Crippen LogP contribution is 2.28. The molecule has 0 aliphatic carbocycles. The molecular formula is C15H22BrN3O. The zero-order chi connectivity index (χ0) is 14.7. The molecule has 1 saturated heterocycles. The van der Waals surface area contributed by atoms with Crippen molar-refractivity contribution >= 4 is 27.5 Å². The SMILES string of the molecule is CNC(C)c1ccc(N2CCN(C(C)=O)CC2)cc1Br. The number of nitrogens with one attached hydrogen (secondary N) is 1. The summed E-state index contributed by atoms with van der Waals surface area (Å²) in [5.41, 5.74) is 2.48. The number of benzene rings is 1. The number of carbonyl (C=O) groups excluding carboxylic acids is 1. The van der Waals surface area contributed by atoms with Crippen LogP contribution in [-0.2, 0) is 4.79 Å². The van der Waals surface area contributed by atoms with Gasteiger partial charge in [0.15, 0.2) is 0 Å². The molecule has 1 N–H and O–H groups in total. The number of hydrogen-bond donors (Lipinski definition) is 1. The first-order valence-corrected chi connectivity index (χ1v) is 7.79. The number of anilines is 1. The van der Waals surface area contributed by atoms with E-state index in [4.69, 9.17) is 0 Å². The average molecular weight is 340 g/mol. The van der Waals surface area contributed by atoms with Gasteiger partial charge in [-0.1, -0.05) is 22.0 Å². The van der Waals surface area contributed by atoms with Gasteiger partial charge in [0, 0.05) is 49.3 Å². The van der Waals surface area contributed by atoms with Gasteiger partial charge in [0.1, 0.15) is 0 Å². The molecule has 2 rings (SSSR count). The van der Waals surface area contributed by atoms with E-state index in [-0.39, 0.29) is 5.91 Å². The molecule has 1 unspecified atom stereocenters. The van der Waals surface area contributed by atoms with Crippen LogP contribution in [0, 0.1) is 0 Å². The average Bonchev–Trinajstić information content (AvgIpc) is 2.46. The Hall–Kier alpha value is -1.07. The van der Waals surface area contributed by atoms with E-state index in [0.29, 0.717) is 6.04 Å². The van der Waals surface area contributed by atoms with Crippen LogP contribution < -0.4 is 10.2 Å². The van der Waals surface area contributed by atoms with Crippen molar-refractivity contribution in [3.05, 3.63) is 28.2 Å². The number of halogens is 1. The third kappa shape index (κ3) is 3.33. The van der Waals surface area contributed by atoms with E-state index < -0.39 is 0 Å². The van der Waals surface area contributed by atoms with Crippen LogP contribution in [0.15, 0.2) is 22.7 Å². The van der Waals surface area contributed by atoms with Crippen molar-refractivity contribution in [2.75, 3.05) is 38.1 Å². The fourth-order valence-electron chi connectivity index (χ4n) is 2.50. The van der Waals surface area contributed by atoms with Crippen LogP contribution in [0.2, 0.25) is 0 Å². The third-order valence-corrected chi connectivity index (χ3v) is 4.66. The standard InChI is InChI=1S/C15H22BrN3O/c1-11(17-3)14-5-4-13(10-15(14)16)19-8-6-18(7-9-19)12(2)20/h4-5,10-11,17H,6-9H2,1-3H3. The van der Waals surface area contributed by atoms with Crippen LogP contribution in [0.25, 0.3) is 0 Å². The highest BCUT2D eigenvalue weighted by Gasteiger charge is 2.19. The summed E-state index contributed by atoms with van der Waals surface area (Å²) in [7, 11) is 1.96. The first-order chi connectivity index (χ1) is 9.52. The van der Waals surface area contributed by atoms with Gasteiger partial charge in [-0.2, -0.15) is 0 Å². The zero-order valence-electron chi connectivity index (χ0n) is 12.3. The Kier molecular flexibility index (Phi) is 5.05. The van der Waals surface area contributed by atoms with Gasteiger partial charge in [0.05, 0.1) is 0 Å². The molecule has 110 valence electrons. The fourth-order valence-corrected chi connectivity index (χ4v) is 3.21. The van der Waals surface area contributed by atoms with Crippen molar-refractivity contribution in [3.63, 3.8) is 0 Å². The van der Waals surface area contributed by atoms with Crippen molar-refractivity contribution in [2.45, 2.75) is 19.9 Å². The summed E-state index contributed by atoms with van der Waals surface area (Å²) in [6, 6.07) is 6.83. The van der Waals surface area contributed by atoms with Crippen LogP contribution in [0.1, 0.15) is 25.5 Å². The van der Waals surface area contributed by atoms with Crippen molar-refractivity contribution in [3.8, 4) is 0 Å². The summed E-state index contributed by atoms with van der Waals surface area (Å²) in [6.07, 6.45) is 0. The number of carbonyl (C=O) groups is 1. The number of rotatable bonds is 3. The second kappa shape index (κ2) is 6.59. The van der Waals surface area contributed by atoms with Crippen molar-refractivity contribution < 1.29 is 4.79 Å². The number of amides is 1. The van der Waals surface area contributed by atoms with Gasteiger partial charge < -0.3 is 15.1 Å². The summed E-state index contributed by atoms with van der Waals surface area (Å²) in [5, 5.41) is 3.25. The third-order valence-electron chi connectivity index (χ3n) is 3.97. The smallest absolute Gasteiger partial charge is 0.219 e. The van der Waals surface area contributed by atoms with Crippen molar-refractivity contribution in [2.24, 2.45) is 0 Å². The minimum atomic E-state index is 0.170. The molecule has 1 atom stereocenters. The molecule has 1 fully saturated rings. The first-order valence-electron chi connectivity index (χ1n) is 7.00. The normalized spacial score (nSPS) is 17.2. The molecule has 1 aliphatic rings. The van der Waals surface area contributed by atoms with E-state index in [1.165, 1.54) is 11.3 Å². The Morgan fingerprint density at radius 2 is 1.95 bits per heavy atom. The van der Waals surface area contributed by atoms with Gasteiger partial charge >= 0.3 is 0 Å². The van der Waals surface area contributed by atoms with Gasteiger partial charge in [0.2, 0.25) is 5.91 Å². The zero-order valence-corrected chi connectivity index (χ0v) is 13.9. The van der Waals surface area contributed by atoms with Crippen LogP contribution in [0.3, 0.4) is 0 Å². The molecule has 1 amide bonds. The summed E-state index contributed by atoms with van der Waals surface area (Å²) in [4.78, 5) is 15.6. The van der Waals surface area contributed by atoms with E-state index >= 15 is 0 Å². The van der Waals surface area contributed by atoms with E-state index in [9.17, 15) is 4.79 Å². The molecule has 5 heteroatoms. The second-order valence-corrected chi connectivity index (χ2v) is 6.06. The van der Waals surface area contributed by atoms with E-state index in [0.717, 1.165) is 30.7 Å².